The van der Waals surface area contributed by atoms with Crippen LogP contribution < -0.4 is 5.69 Å². The van der Waals surface area contributed by atoms with Crippen LogP contribution in [0.1, 0.15) is 55.8 Å². The van der Waals surface area contributed by atoms with E-state index in [-0.39, 0.29) is 5.69 Å². The Bertz CT molecular complexity index is 503. The molecule has 1 aromatic rings. The second-order valence-corrected chi connectivity index (χ2v) is 6.14. The summed E-state index contributed by atoms with van der Waals surface area (Å²) in [6.07, 6.45) is 11.5. The largest absolute Gasteiger partial charge is 0.349 e. The van der Waals surface area contributed by atoms with E-state index in [1.807, 2.05) is 10.8 Å². The molecule has 0 unspecified atom stereocenters. The van der Waals surface area contributed by atoms with Crippen molar-refractivity contribution in [3.63, 3.8) is 0 Å². The van der Waals surface area contributed by atoms with Gasteiger partial charge < -0.3 is 0 Å². The number of aromatic nitrogens is 2. The monoisotopic (exact) mass is 264 g/mol. The quantitative estimate of drug-likeness (QED) is 0.608. The molecule has 1 saturated carbocycles. The zero-order valence-electron chi connectivity index (χ0n) is 10.9. The third-order valence-corrected chi connectivity index (χ3v) is 5.00. The third kappa shape index (κ3) is 2.00. The maximum absolute atomic E-state index is 12.3. The molecule has 0 aromatic carbocycles. The second kappa shape index (κ2) is 5.08. The zero-order chi connectivity index (χ0) is 12.5. The normalized spacial score (nSPS) is 20.1. The minimum atomic E-state index is -0.00750. The van der Waals surface area contributed by atoms with Gasteiger partial charge in [-0.25, -0.2) is 4.79 Å². The fourth-order valence-corrected chi connectivity index (χ4v) is 4.07. The maximum atomic E-state index is 12.3. The standard InChI is InChI=1S/C14H20N2OS/c1-18-13-11-8-5-9-12(11)16(14(17)15-13)10-6-3-2-4-7-10/h10H,2-9H2,1H3. The van der Waals surface area contributed by atoms with Crippen LogP contribution in [0.4, 0.5) is 0 Å². The number of hydrogen-bond donors (Lipinski definition) is 0. The predicted octanol–water partition coefficient (Wildman–Crippen LogP) is 2.96. The van der Waals surface area contributed by atoms with E-state index in [1.54, 1.807) is 11.8 Å². The molecule has 98 valence electrons. The molecule has 3 rings (SSSR count). The number of nitrogens with zero attached hydrogens (tertiary/aromatic N) is 2. The number of fused-ring (bicyclic) bond motifs is 1. The van der Waals surface area contributed by atoms with Crippen molar-refractivity contribution in [3.8, 4) is 0 Å². The first-order chi connectivity index (χ1) is 8.81. The smallest absolute Gasteiger partial charge is 0.293 e. The van der Waals surface area contributed by atoms with Crippen LogP contribution in [-0.4, -0.2) is 15.8 Å². The van der Waals surface area contributed by atoms with Crippen molar-refractivity contribution in [3.05, 3.63) is 21.7 Å². The fourth-order valence-electron chi connectivity index (χ4n) is 3.43. The lowest BCUT2D eigenvalue weighted by Gasteiger charge is -2.26. The Morgan fingerprint density at radius 3 is 2.67 bits per heavy atom. The van der Waals surface area contributed by atoms with Crippen LogP contribution in [0.2, 0.25) is 0 Å². The van der Waals surface area contributed by atoms with Crippen LogP contribution in [0.15, 0.2) is 9.82 Å². The molecule has 2 aliphatic rings. The van der Waals surface area contributed by atoms with Gasteiger partial charge in [0.05, 0.1) is 0 Å². The second-order valence-electron chi connectivity index (χ2n) is 5.34. The lowest BCUT2D eigenvalue weighted by atomic mass is 9.95. The van der Waals surface area contributed by atoms with E-state index >= 15 is 0 Å². The van der Waals surface area contributed by atoms with Gasteiger partial charge in [0.25, 0.3) is 0 Å². The highest BCUT2D eigenvalue weighted by Gasteiger charge is 2.26. The molecule has 0 spiro atoms. The highest BCUT2D eigenvalue weighted by atomic mass is 32.2. The van der Waals surface area contributed by atoms with Crippen molar-refractivity contribution in [2.75, 3.05) is 6.26 Å². The number of thioether (sulfide) groups is 1. The van der Waals surface area contributed by atoms with Gasteiger partial charge in [0.15, 0.2) is 0 Å². The van der Waals surface area contributed by atoms with Gasteiger partial charge >= 0.3 is 5.69 Å². The summed E-state index contributed by atoms with van der Waals surface area (Å²) >= 11 is 1.62. The summed E-state index contributed by atoms with van der Waals surface area (Å²) in [7, 11) is 0. The molecular formula is C14H20N2OS. The highest BCUT2D eigenvalue weighted by molar-refractivity contribution is 7.98. The van der Waals surface area contributed by atoms with Crippen LogP contribution >= 0.6 is 11.8 Å². The summed E-state index contributed by atoms with van der Waals surface area (Å²) in [6, 6.07) is 0.418. The van der Waals surface area contributed by atoms with Gasteiger partial charge in [-0.3, -0.25) is 4.57 Å². The van der Waals surface area contributed by atoms with E-state index in [0.29, 0.717) is 6.04 Å². The third-order valence-electron chi connectivity index (χ3n) is 4.27. The molecule has 0 atom stereocenters. The van der Waals surface area contributed by atoms with Crippen LogP contribution in [0, 0.1) is 0 Å². The lowest BCUT2D eigenvalue weighted by Crippen LogP contribution is -2.31. The highest BCUT2D eigenvalue weighted by Crippen LogP contribution is 2.33. The van der Waals surface area contributed by atoms with Crippen molar-refractivity contribution in [2.45, 2.75) is 62.4 Å². The van der Waals surface area contributed by atoms with E-state index in [1.165, 1.54) is 36.9 Å². The molecule has 1 heterocycles. The molecule has 2 aliphatic carbocycles. The topological polar surface area (TPSA) is 34.9 Å². The van der Waals surface area contributed by atoms with Crippen molar-refractivity contribution in [1.29, 1.82) is 0 Å². The lowest BCUT2D eigenvalue weighted by molar-refractivity contribution is 0.334. The zero-order valence-corrected chi connectivity index (χ0v) is 11.8. The first-order valence-electron chi connectivity index (χ1n) is 6.99. The van der Waals surface area contributed by atoms with Crippen LogP contribution in [-0.2, 0) is 12.8 Å². The Hall–Kier alpha value is -0.770. The Kier molecular flexibility index (Phi) is 3.46. The van der Waals surface area contributed by atoms with Crippen molar-refractivity contribution < 1.29 is 0 Å². The van der Waals surface area contributed by atoms with Gasteiger partial charge in [-0.2, -0.15) is 4.98 Å². The first-order valence-corrected chi connectivity index (χ1v) is 8.22. The Morgan fingerprint density at radius 1 is 1.17 bits per heavy atom. The molecule has 0 N–H and O–H groups in total. The maximum Gasteiger partial charge on any atom is 0.349 e. The molecule has 0 aliphatic heterocycles. The molecule has 1 aromatic heterocycles. The van der Waals surface area contributed by atoms with Gasteiger partial charge in [-0.1, -0.05) is 19.3 Å². The first kappa shape index (κ1) is 12.3. The summed E-state index contributed by atoms with van der Waals surface area (Å²) in [6.45, 7) is 0. The number of rotatable bonds is 2. The molecule has 4 heteroatoms. The average Bonchev–Trinajstić information content (AvgIpc) is 2.87. The predicted molar refractivity (Wildman–Crippen MR) is 74.4 cm³/mol. The van der Waals surface area contributed by atoms with E-state index in [9.17, 15) is 4.79 Å². The Morgan fingerprint density at radius 2 is 1.94 bits per heavy atom. The molecule has 3 nitrogen and oxygen atoms in total. The van der Waals surface area contributed by atoms with Crippen molar-refractivity contribution >= 4 is 11.8 Å². The SMILES string of the molecule is CSc1nc(=O)n(C2CCCCC2)c2c1CCC2. The summed E-state index contributed by atoms with van der Waals surface area (Å²) in [5, 5.41) is 0.972. The van der Waals surface area contributed by atoms with E-state index < -0.39 is 0 Å². The average molecular weight is 264 g/mol. The van der Waals surface area contributed by atoms with E-state index in [4.69, 9.17) is 0 Å². The summed E-state index contributed by atoms with van der Waals surface area (Å²) in [4.78, 5) is 16.6. The minimum absolute atomic E-state index is 0.00750. The van der Waals surface area contributed by atoms with Crippen molar-refractivity contribution in [1.82, 2.24) is 9.55 Å². The van der Waals surface area contributed by atoms with Crippen LogP contribution in [0.5, 0.6) is 0 Å². The summed E-state index contributed by atoms with van der Waals surface area (Å²) < 4.78 is 2.04. The summed E-state index contributed by atoms with van der Waals surface area (Å²) in [5.41, 5.74) is 2.64. The fraction of sp³-hybridized carbons (Fsp3) is 0.714. The molecule has 0 bridgehead atoms. The Labute approximate surface area is 112 Å². The van der Waals surface area contributed by atoms with Gasteiger partial charge in [0.2, 0.25) is 0 Å². The van der Waals surface area contributed by atoms with Crippen molar-refractivity contribution in [2.24, 2.45) is 0 Å². The minimum Gasteiger partial charge on any atom is -0.293 e. The molecule has 18 heavy (non-hydrogen) atoms. The molecule has 0 amide bonds. The van der Waals surface area contributed by atoms with Gasteiger partial charge in [0.1, 0.15) is 5.03 Å². The van der Waals surface area contributed by atoms with E-state index in [2.05, 4.69) is 4.98 Å². The summed E-state index contributed by atoms with van der Waals surface area (Å²) in [5.74, 6) is 0. The van der Waals surface area contributed by atoms with Crippen LogP contribution in [0.3, 0.4) is 0 Å². The molecule has 1 fully saturated rings. The van der Waals surface area contributed by atoms with Gasteiger partial charge in [0, 0.05) is 17.3 Å². The molecule has 0 radical (unpaired) electrons. The van der Waals surface area contributed by atoms with E-state index in [0.717, 1.165) is 30.7 Å². The van der Waals surface area contributed by atoms with Gasteiger partial charge in [-0.15, -0.1) is 11.8 Å². The molecular weight excluding hydrogens is 244 g/mol. The molecule has 0 saturated heterocycles. The Balaban J connectivity index is 2.09. The van der Waals surface area contributed by atoms with Gasteiger partial charge in [-0.05, 0) is 38.4 Å². The number of hydrogen-bond acceptors (Lipinski definition) is 3. The van der Waals surface area contributed by atoms with Crippen LogP contribution in [0.25, 0.3) is 0 Å².